The van der Waals surface area contributed by atoms with Gasteiger partial charge in [0.1, 0.15) is 21.3 Å². The third kappa shape index (κ3) is 1.46. The lowest BCUT2D eigenvalue weighted by molar-refractivity contribution is 0.419. The molecule has 0 saturated carbocycles. The highest BCUT2D eigenvalue weighted by Crippen LogP contribution is 2.24. The normalized spacial score (nSPS) is 10.3. The van der Waals surface area contributed by atoms with Crippen molar-refractivity contribution in [3.63, 3.8) is 0 Å². The highest BCUT2D eigenvalue weighted by Gasteiger charge is 2.04. The molecule has 0 unspecified atom stereocenters. The smallest absolute Gasteiger partial charge is 0.145 e. The van der Waals surface area contributed by atoms with Crippen LogP contribution in [-0.4, -0.2) is 17.1 Å². The number of methoxy groups -OCH3 is 1. The Morgan fingerprint density at radius 3 is 2.92 bits per heavy atom. The highest BCUT2D eigenvalue weighted by molar-refractivity contribution is 14.1. The Morgan fingerprint density at radius 2 is 2.15 bits per heavy atom. The fourth-order valence-corrected chi connectivity index (χ4v) is 1.75. The van der Waals surface area contributed by atoms with Crippen molar-refractivity contribution in [1.29, 1.82) is 0 Å². The summed E-state index contributed by atoms with van der Waals surface area (Å²) in [4.78, 5) is 8.27. The summed E-state index contributed by atoms with van der Waals surface area (Å²) in [5.41, 5.74) is 0.865. The lowest BCUT2D eigenvalue weighted by Crippen LogP contribution is -1.90. The molecule has 0 aliphatic heterocycles. The first kappa shape index (κ1) is 8.68. The van der Waals surface area contributed by atoms with Crippen LogP contribution in [-0.2, 0) is 0 Å². The van der Waals surface area contributed by atoms with Crippen molar-refractivity contribution in [2.24, 2.45) is 0 Å². The summed E-state index contributed by atoms with van der Waals surface area (Å²) in [6.45, 7) is 0. The number of halogens is 1. The topological polar surface area (TPSA) is 35.0 Å². The summed E-state index contributed by atoms with van der Waals surface area (Å²) in [5, 5.41) is 1.03. The predicted octanol–water partition coefficient (Wildman–Crippen LogP) is 2.24. The van der Waals surface area contributed by atoms with E-state index in [0.29, 0.717) is 0 Å². The van der Waals surface area contributed by atoms with Gasteiger partial charge in [-0.1, -0.05) is 6.07 Å². The molecule has 0 spiro atoms. The quantitative estimate of drug-likeness (QED) is 0.595. The molecule has 3 nitrogen and oxygen atoms in total. The lowest BCUT2D eigenvalue weighted by Gasteiger charge is -2.03. The number of rotatable bonds is 1. The molecular weight excluding hydrogens is 279 g/mol. The van der Waals surface area contributed by atoms with Crippen LogP contribution < -0.4 is 4.74 Å². The van der Waals surface area contributed by atoms with E-state index in [2.05, 4.69) is 32.6 Å². The van der Waals surface area contributed by atoms with Crippen LogP contribution in [0.3, 0.4) is 0 Å². The Hall–Kier alpha value is -0.910. The molecule has 1 aromatic heterocycles. The van der Waals surface area contributed by atoms with Crippen molar-refractivity contribution in [2.45, 2.75) is 0 Å². The van der Waals surface area contributed by atoms with Crippen molar-refractivity contribution in [3.05, 3.63) is 28.2 Å². The second kappa shape index (κ2) is 3.45. The molecule has 0 fully saturated rings. The molecule has 0 bridgehead atoms. The van der Waals surface area contributed by atoms with Crippen LogP contribution >= 0.6 is 22.6 Å². The van der Waals surface area contributed by atoms with E-state index in [1.165, 1.54) is 0 Å². The molecule has 0 saturated heterocycles. The van der Waals surface area contributed by atoms with Crippen LogP contribution in [0.25, 0.3) is 10.9 Å². The molecule has 1 aromatic carbocycles. The van der Waals surface area contributed by atoms with Gasteiger partial charge in [-0.15, -0.1) is 0 Å². The summed E-state index contributed by atoms with van der Waals surface area (Å²) < 4.78 is 6.13. The Morgan fingerprint density at radius 1 is 1.31 bits per heavy atom. The number of benzene rings is 1. The standard InChI is InChI=1S/C9H7IN2O/c1-13-7-4-2-3-6-8(7)11-5-12-9(6)10/h2-5H,1H3. The fourth-order valence-electron chi connectivity index (χ4n) is 1.19. The molecule has 2 rings (SSSR count). The molecule has 0 radical (unpaired) electrons. The summed E-state index contributed by atoms with van der Waals surface area (Å²) in [6, 6.07) is 5.82. The maximum atomic E-state index is 5.19. The fraction of sp³-hybridized carbons (Fsp3) is 0.111. The largest absolute Gasteiger partial charge is 0.494 e. The van der Waals surface area contributed by atoms with Gasteiger partial charge in [-0.3, -0.25) is 0 Å². The van der Waals surface area contributed by atoms with Crippen molar-refractivity contribution < 1.29 is 4.74 Å². The van der Waals surface area contributed by atoms with E-state index in [0.717, 1.165) is 20.4 Å². The monoisotopic (exact) mass is 286 g/mol. The molecule has 0 aliphatic carbocycles. The summed E-state index contributed by atoms with van der Waals surface area (Å²) >= 11 is 2.18. The zero-order valence-electron chi connectivity index (χ0n) is 6.99. The van der Waals surface area contributed by atoms with Crippen molar-refractivity contribution in [1.82, 2.24) is 9.97 Å². The molecule has 2 aromatic rings. The minimum Gasteiger partial charge on any atom is -0.494 e. The first-order chi connectivity index (χ1) is 6.33. The maximum Gasteiger partial charge on any atom is 0.145 e. The van der Waals surface area contributed by atoms with Gasteiger partial charge in [0.2, 0.25) is 0 Å². The van der Waals surface area contributed by atoms with Crippen molar-refractivity contribution in [3.8, 4) is 5.75 Å². The molecule has 0 N–H and O–H groups in total. The van der Waals surface area contributed by atoms with Gasteiger partial charge in [0.15, 0.2) is 0 Å². The third-order valence-electron chi connectivity index (χ3n) is 1.80. The molecule has 0 atom stereocenters. The number of hydrogen-bond acceptors (Lipinski definition) is 3. The average Bonchev–Trinajstić information content (AvgIpc) is 2.18. The first-order valence-electron chi connectivity index (χ1n) is 3.76. The summed E-state index contributed by atoms with van der Waals surface area (Å²) in [5.74, 6) is 0.790. The zero-order chi connectivity index (χ0) is 9.26. The second-order valence-electron chi connectivity index (χ2n) is 2.52. The second-order valence-corrected chi connectivity index (χ2v) is 3.54. The van der Waals surface area contributed by atoms with Gasteiger partial charge in [0.25, 0.3) is 0 Å². The van der Waals surface area contributed by atoms with Crippen LogP contribution in [0.2, 0.25) is 0 Å². The number of aromatic nitrogens is 2. The zero-order valence-corrected chi connectivity index (χ0v) is 9.15. The molecule has 0 amide bonds. The molecular formula is C9H7IN2O. The predicted molar refractivity (Wildman–Crippen MR) is 58.8 cm³/mol. The minimum atomic E-state index is 0.790. The number of fused-ring (bicyclic) bond motifs is 1. The number of nitrogens with zero attached hydrogens (tertiary/aromatic N) is 2. The molecule has 0 aliphatic rings. The Bertz CT molecular complexity index is 445. The van der Waals surface area contributed by atoms with Gasteiger partial charge in [0, 0.05) is 5.39 Å². The third-order valence-corrected chi connectivity index (χ3v) is 2.66. The van der Waals surface area contributed by atoms with E-state index in [1.54, 1.807) is 13.4 Å². The maximum absolute atomic E-state index is 5.19. The van der Waals surface area contributed by atoms with Gasteiger partial charge in [-0.25, -0.2) is 9.97 Å². The Labute approximate surface area is 89.3 Å². The Balaban J connectivity index is 2.84. The van der Waals surface area contributed by atoms with E-state index in [1.807, 2.05) is 18.2 Å². The van der Waals surface area contributed by atoms with E-state index in [4.69, 9.17) is 4.74 Å². The number of para-hydroxylation sites is 1. The van der Waals surface area contributed by atoms with Gasteiger partial charge >= 0.3 is 0 Å². The van der Waals surface area contributed by atoms with E-state index in [-0.39, 0.29) is 0 Å². The SMILES string of the molecule is COc1cccc2c(I)ncnc12. The first-order valence-corrected chi connectivity index (χ1v) is 4.84. The average molecular weight is 286 g/mol. The molecule has 66 valence electrons. The molecule has 4 heteroatoms. The van der Waals surface area contributed by atoms with Gasteiger partial charge in [-0.05, 0) is 34.7 Å². The Kier molecular flexibility index (Phi) is 2.30. The van der Waals surface area contributed by atoms with Crippen LogP contribution in [0.5, 0.6) is 5.75 Å². The van der Waals surface area contributed by atoms with E-state index >= 15 is 0 Å². The number of ether oxygens (including phenoxy) is 1. The lowest BCUT2D eigenvalue weighted by atomic mass is 10.2. The van der Waals surface area contributed by atoms with Gasteiger partial charge in [0.05, 0.1) is 7.11 Å². The highest BCUT2D eigenvalue weighted by atomic mass is 127. The van der Waals surface area contributed by atoms with Crippen LogP contribution in [0.1, 0.15) is 0 Å². The summed E-state index contributed by atoms with van der Waals surface area (Å²) in [7, 11) is 1.64. The van der Waals surface area contributed by atoms with Crippen LogP contribution in [0.15, 0.2) is 24.5 Å². The van der Waals surface area contributed by atoms with Crippen molar-refractivity contribution >= 4 is 33.5 Å². The van der Waals surface area contributed by atoms with Crippen LogP contribution in [0, 0.1) is 3.70 Å². The van der Waals surface area contributed by atoms with Gasteiger partial charge in [-0.2, -0.15) is 0 Å². The number of hydrogen-bond donors (Lipinski definition) is 0. The van der Waals surface area contributed by atoms with Crippen LogP contribution in [0.4, 0.5) is 0 Å². The molecule has 13 heavy (non-hydrogen) atoms. The van der Waals surface area contributed by atoms with Gasteiger partial charge < -0.3 is 4.74 Å². The minimum absolute atomic E-state index is 0.790. The van der Waals surface area contributed by atoms with E-state index in [9.17, 15) is 0 Å². The summed E-state index contributed by atoms with van der Waals surface area (Å²) in [6.07, 6.45) is 1.55. The van der Waals surface area contributed by atoms with E-state index < -0.39 is 0 Å². The molecule has 1 heterocycles. The van der Waals surface area contributed by atoms with Crippen molar-refractivity contribution in [2.75, 3.05) is 7.11 Å².